The van der Waals surface area contributed by atoms with E-state index in [0.29, 0.717) is 27.7 Å². The molecule has 142 valence electrons. The normalized spacial score (nSPS) is 11.1. The number of nitrogens with one attached hydrogen (secondary N) is 1. The Balaban J connectivity index is 1.49. The summed E-state index contributed by atoms with van der Waals surface area (Å²) in [6, 6.07) is 13.6. The molecule has 0 radical (unpaired) electrons. The van der Waals surface area contributed by atoms with Crippen LogP contribution >= 0.6 is 11.3 Å². The van der Waals surface area contributed by atoms with Crippen LogP contribution in [0.15, 0.2) is 58.4 Å². The van der Waals surface area contributed by atoms with Gasteiger partial charge >= 0.3 is 6.61 Å². The van der Waals surface area contributed by atoms with Crippen molar-refractivity contribution in [2.75, 3.05) is 5.32 Å². The highest BCUT2D eigenvalue weighted by molar-refractivity contribution is 7.14. The predicted octanol–water partition coefficient (Wildman–Crippen LogP) is 4.73. The maximum atomic E-state index is 12.6. The average molecular weight is 401 g/mol. The molecule has 0 aliphatic carbocycles. The third kappa shape index (κ3) is 3.84. The maximum Gasteiger partial charge on any atom is 0.387 e. The molecule has 0 atom stereocenters. The lowest BCUT2D eigenvalue weighted by molar-refractivity contribution is -0.115. The van der Waals surface area contributed by atoms with Gasteiger partial charge in [-0.2, -0.15) is 8.78 Å². The first-order valence-corrected chi connectivity index (χ1v) is 9.11. The predicted molar refractivity (Wildman–Crippen MR) is 101 cm³/mol. The van der Waals surface area contributed by atoms with E-state index < -0.39 is 6.61 Å². The van der Waals surface area contributed by atoms with Gasteiger partial charge in [-0.15, -0.1) is 11.3 Å². The standard InChI is InChI=1S/C19H13F2N3O3S/c20-18(21)26-15-7-3-1-6-12(15)14-10-28-19(22-14)23-17(25)9-13-11-5-2-4-8-16(11)27-24-13/h1-8,10,18H,9H2,(H,22,23,25). The van der Waals surface area contributed by atoms with Gasteiger partial charge in [0.05, 0.1) is 12.1 Å². The Morgan fingerprint density at radius 3 is 2.82 bits per heavy atom. The van der Waals surface area contributed by atoms with Crippen LogP contribution < -0.4 is 10.1 Å². The van der Waals surface area contributed by atoms with Gasteiger partial charge in [0.15, 0.2) is 10.7 Å². The number of amides is 1. The summed E-state index contributed by atoms with van der Waals surface area (Å²) in [5.41, 5.74) is 1.99. The van der Waals surface area contributed by atoms with E-state index in [4.69, 9.17) is 4.52 Å². The number of para-hydroxylation sites is 2. The second-order valence-electron chi connectivity index (χ2n) is 5.76. The lowest BCUT2D eigenvalue weighted by atomic mass is 10.1. The molecule has 4 rings (SSSR count). The van der Waals surface area contributed by atoms with Crippen molar-refractivity contribution in [1.29, 1.82) is 0 Å². The zero-order chi connectivity index (χ0) is 19.5. The first-order valence-electron chi connectivity index (χ1n) is 8.23. The lowest BCUT2D eigenvalue weighted by Crippen LogP contribution is -2.14. The summed E-state index contributed by atoms with van der Waals surface area (Å²) >= 11 is 1.19. The zero-order valence-corrected chi connectivity index (χ0v) is 15.1. The van der Waals surface area contributed by atoms with Gasteiger partial charge in [-0.05, 0) is 24.3 Å². The molecule has 6 nitrogen and oxygen atoms in total. The van der Waals surface area contributed by atoms with Crippen LogP contribution in [0.5, 0.6) is 5.75 Å². The van der Waals surface area contributed by atoms with E-state index >= 15 is 0 Å². The van der Waals surface area contributed by atoms with Crippen LogP contribution in [0.4, 0.5) is 13.9 Å². The minimum absolute atomic E-state index is 0.0229. The fraction of sp³-hybridized carbons (Fsp3) is 0.105. The van der Waals surface area contributed by atoms with Gasteiger partial charge in [0.2, 0.25) is 5.91 Å². The monoisotopic (exact) mass is 401 g/mol. The molecule has 1 amide bonds. The number of benzene rings is 2. The van der Waals surface area contributed by atoms with E-state index in [1.165, 1.54) is 17.4 Å². The molecule has 2 heterocycles. The molecule has 28 heavy (non-hydrogen) atoms. The molecule has 0 aliphatic heterocycles. The van der Waals surface area contributed by atoms with Crippen molar-refractivity contribution in [1.82, 2.24) is 10.1 Å². The molecule has 0 aliphatic rings. The molecular weight excluding hydrogens is 388 g/mol. The largest absolute Gasteiger partial charge is 0.434 e. The molecule has 2 aromatic heterocycles. The topological polar surface area (TPSA) is 77.3 Å². The minimum atomic E-state index is -2.93. The van der Waals surface area contributed by atoms with Crippen LogP contribution in [-0.4, -0.2) is 22.7 Å². The smallest absolute Gasteiger partial charge is 0.387 e. The van der Waals surface area contributed by atoms with Gasteiger partial charge in [0, 0.05) is 16.3 Å². The highest BCUT2D eigenvalue weighted by Gasteiger charge is 2.16. The maximum absolute atomic E-state index is 12.6. The Kier molecular flexibility index (Phi) is 4.98. The van der Waals surface area contributed by atoms with Crippen LogP contribution in [0.25, 0.3) is 22.2 Å². The summed E-state index contributed by atoms with van der Waals surface area (Å²) < 4.78 is 34.9. The molecule has 0 saturated carbocycles. The number of rotatable bonds is 6. The summed E-state index contributed by atoms with van der Waals surface area (Å²) in [5, 5.41) is 9.40. The lowest BCUT2D eigenvalue weighted by Gasteiger charge is -2.08. The van der Waals surface area contributed by atoms with Crippen molar-refractivity contribution < 1.29 is 22.8 Å². The number of ether oxygens (including phenoxy) is 1. The third-order valence-corrected chi connectivity index (χ3v) is 4.67. The minimum Gasteiger partial charge on any atom is -0.434 e. The van der Waals surface area contributed by atoms with E-state index in [2.05, 4.69) is 20.2 Å². The first kappa shape index (κ1) is 18.1. The Morgan fingerprint density at radius 1 is 1.18 bits per heavy atom. The number of anilines is 1. The molecule has 2 aromatic carbocycles. The van der Waals surface area contributed by atoms with Gasteiger partial charge in [-0.25, -0.2) is 4.98 Å². The number of aromatic nitrogens is 2. The molecule has 0 bridgehead atoms. The molecular formula is C19H13F2N3O3S. The van der Waals surface area contributed by atoms with Gasteiger partial charge in [0.25, 0.3) is 0 Å². The van der Waals surface area contributed by atoms with Crippen LogP contribution in [0.1, 0.15) is 5.69 Å². The SMILES string of the molecule is O=C(Cc1noc2ccccc12)Nc1nc(-c2ccccc2OC(F)F)cs1. The van der Waals surface area contributed by atoms with Crippen molar-refractivity contribution in [3.63, 3.8) is 0 Å². The van der Waals surface area contributed by atoms with Crippen LogP contribution in [0, 0.1) is 0 Å². The zero-order valence-electron chi connectivity index (χ0n) is 14.3. The van der Waals surface area contributed by atoms with E-state index in [1.807, 2.05) is 18.2 Å². The summed E-state index contributed by atoms with van der Waals surface area (Å²) in [7, 11) is 0. The van der Waals surface area contributed by atoms with Crippen LogP contribution in [0.2, 0.25) is 0 Å². The molecule has 4 aromatic rings. The second-order valence-corrected chi connectivity index (χ2v) is 6.62. The number of thiazole rings is 1. The van der Waals surface area contributed by atoms with Gasteiger partial charge in [-0.3, -0.25) is 4.79 Å². The number of carbonyl (C=O) groups excluding carboxylic acids is 1. The van der Waals surface area contributed by atoms with Crippen LogP contribution in [0.3, 0.4) is 0 Å². The number of hydrogen-bond acceptors (Lipinski definition) is 6. The first-order chi connectivity index (χ1) is 13.6. The highest BCUT2D eigenvalue weighted by Crippen LogP contribution is 2.33. The van der Waals surface area contributed by atoms with Gasteiger partial charge in [0.1, 0.15) is 11.4 Å². The van der Waals surface area contributed by atoms with Crippen molar-refractivity contribution >= 4 is 33.3 Å². The summed E-state index contributed by atoms with van der Waals surface area (Å²) in [5.74, 6) is -0.285. The molecule has 0 fully saturated rings. The Bertz CT molecular complexity index is 1130. The fourth-order valence-electron chi connectivity index (χ4n) is 2.71. The van der Waals surface area contributed by atoms with Crippen LogP contribution in [-0.2, 0) is 11.2 Å². The second kappa shape index (κ2) is 7.73. The van der Waals surface area contributed by atoms with E-state index in [9.17, 15) is 13.6 Å². The van der Waals surface area contributed by atoms with Crippen molar-refractivity contribution in [3.05, 3.63) is 59.6 Å². The van der Waals surface area contributed by atoms with E-state index in [1.54, 1.807) is 29.6 Å². The fourth-order valence-corrected chi connectivity index (χ4v) is 3.44. The highest BCUT2D eigenvalue weighted by atomic mass is 32.1. The summed E-state index contributed by atoms with van der Waals surface area (Å²) in [6.45, 7) is -2.93. The Labute approximate surface area is 161 Å². The number of hydrogen-bond donors (Lipinski definition) is 1. The summed E-state index contributed by atoms with van der Waals surface area (Å²) in [4.78, 5) is 16.6. The number of alkyl halides is 2. The molecule has 0 unspecified atom stereocenters. The van der Waals surface area contributed by atoms with E-state index in [0.717, 1.165) is 5.39 Å². The molecule has 0 saturated heterocycles. The Hall–Kier alpha value is -3.33. The van der Waals surface area contributed by atoms with Crippen molar-refractivity contribution in [3.8, 4) is 17.0 Å². The van der Waals surface area contributed by atoms with Crippen molar-refractivity contribution in [2.45, 2.75) is 13.0 Å². The number of fused-ring (bicyclic) bond motifs is 1. The van der Waals surface area contributed by atoms with Crippen molar-refractivity contribution in [2.24, 2.45) is 0 Å². The number of nitrogens with zero attached hydrogens (tertiary/aromatic N) is 2. The molecule has 0 spiro atoms. The third-order valence-electron chi connectivity index (χ3n) is 3.91. The average Bonchev–Trinajstić information content (AvgIpc) is 3.29. The molecule has 9 heteroatoms. The number of carbonyl (C=O) groups is 1. The quantitative estimate of drug-likeness (QED) is 0.505. The number of halogens is 2. The van der Waals surface area contributed by atoms with Gasteiger partial charge in [-0.1, -0.05) is 29.4 Å². The van der Waals surface area contributed by atoms with E-state index in [-0.39, 0.29) is 18.1 Å². The summed E-state index contributed by atoms with van der Waals surface area (Å²) in [6.07, 6.45) is 0.0248. The van der Waals surface area contributed by atoms with Gasteiger partial charge < -0.3 is 14.6 Å². The Morgan fingerprint density at radius 2 is 1.96 bits per heavy atom. The molecule has 1 N–H and O–H groups in total.